The molecule has 2 atom stereocenters. The van der Waals surface area contributed by atoms with E-state index in [0.29, 0.717) is 18.9 Å². The highest BCUT2D eigenvalue weighted by atomic mass is 16.3. The van der Waals surface area contributed by atoms with Crippen LogP contribution < -0.4 is 5.32 Å². The lowest BCUT2D eigenvalue weighted by Crippen LogP contribution is -2.33. The summed E-state index contributed by atoms with van der Waals surface area (Å²) in [5.41, 5.74) is 3.60. The van der Waals surface area contributed by atoms with Gasteiger partial charge in [-0.1, -0.05) is 24.6 Å². The molecule has 124 valence electrons. The molecule has 1 amide bonds. The number of aromatic nitrogens is 1. The average molecular weight is 314 g/mol. The van der Waals surface area contributed by atoms with Gasteiger partial charge in [0.15, 0.2) is 0 Å². The number of hydrogen-bond acceptors (Lipinski definition) is 2. The Hall–Kier alpha value is -1.81. The lowest BCUT2D eigenvalue weighted by atomic mass is 9.87. The molecule has 1 aromatic carbocycles. The first kappa shape index (κ1) is 16.1. The number of H-pyrrole nitrogens is 1. The first-order chi connectivity index (χ1) is 11.1. The van der Waals surface area contributed by atoms with Gasteiger partial charge < -0.3 is 15.4 Å². The summed E-state index contributed by atoms with van der Waals surface area (Å²) < 4.78 is 0. The van der Waals surface area contributed by atoms with Crippen LogP contribution in [-0.2, 0) is 11.2 Å². The molecule has 4 nitrogen and oxygen atoms in total. The van der Waals surface area contributed by atoms with Crippen molar-refractivity contribution in [2.75, 3.05) is 6.54 Å². The van der Waals surface area contributed by atoms with Gasteiger partial charge in [0.2, 0.25) is 5.91 Å². The Morgan fingerprint density at radius 3 is 3.09 bits per heavy atom. The van der Waals surface area contributed by atoms with Gasteiger partial charge in [0.05, 0.1) is 6.10 Å². The minimum Gasteiger partial charge on any atom is -0.393 e. The predicted octanol–water partition coefficient (Wildman–Crippen LogP) is 3.08. The summed E-state index contributed by atoms with van der Waals surface area (Å²) in [5, 5.41) is 13.9. The van der Waals surface area contributed by atoms with Gasteiger partial charge in [-0.2, -0.15) is 0 Å². The molecule has 3 N–H and O–H groups in total. The molecule has 1 aromatic heterocycles. The van der Waals surface area contributed by atoms with Crippen LogP contribution in [0.25, 0.3) is 10.9 Å². The number of amides is 1. The fraction of sp³-hybridized carbons (Fsp3) is 0.526. The van der Waals surface area contributed by atoms with Gasteiger partial charge in [0.25, 0.3) is 0 Å². The smallest absolute Gasteiger partial charge is 0.220 e. The molecule has 1 fully saturated rings. The third-order valence-corrected chi connectivity index (χ3v) is 4.97. The first-order valence-electron chi connectivity index (χ1n) is 8.64. The van der Waals surface area contributed by atoms with Crippen molar-refractivity contribution in [3.05, 3.63) is 35.5 Å². The van der Waals surface area contributed by atoms with Crippen molar-refractivity contribution in [1.82, 2.24) is 10.3 Å². The Bertz CT molecular complexity index is 677. The Morgan fingerprint density at radius 1 is 1.39 bits per heavy atom. The van der Waals surface area contributed by atoms with E-state index < -0.39 is 0 Å². The molecule has 0 saturated heterocycles. The second-order valence-electron chi connectivity index (χ2n) is 6.80. The summed E-state index contributed by atoms with van der Waals surface area (Å²) in [7, 11) is 0. The predicted molar refractivity (Wildman–Crippen MR) is 92.3 cm³/mol. The summed E-state index contributed by atoms with van der Waals surface area (Å²) in [5.74, 6) is 0.533. The zero-order chi connectivity index (χ0) is 16.2. The molecule has 1 heterocycles. The summed E-state index contributed by atoms with van der Waals surface area (Å²) in [4.78, 5) is 15.4. The third-order valence-electron chi connectivity index (χ3n) is 4.97. The maximum atomic E-state index is 12.1. The number of aliphatic hydroxyl groups excluding tert-OH is 1. The number of carbonyl (C=O) groups is 1. The fourth-order valence-corrected chi connectivity index (χ4v) is 3.61. The lowest BCUT2D eigenvalue weighted by Gasteiger charge is -2.25. The van der Waals surface area contributed by atoms with Crippen LogP contribution >= 0.6 is 0 Å². The molecule has 3 rings (SSSR count). The van der Waals surface area contributed by atoms with Crippen molar-refractivity contribution in [3.8, 4) is 0 Å². The van der Waals surface area contributed by atoms with Crippen LogP contribution in [0, 0.1) is 12.8 Å². The second-order valence-corrected chi connectivity index (χ2v) is 6.80. The molecule has 1 aliphatic carbocycles. The summed E-state index contributed by atoms with van der Waals surface area (Å²) >= 11 is 0. The average Bonchev–Trinajstić information content (AvgIpc) is 2.96. The molecule has 0 bridgehead atoms. The van der Waals surface area contributed by atoms with Gasteiger partial charge >= 0.3 is 0 Å². The number of fused-ring (bicyclic) bond motifs is 1. The highest BCUT2D eigenvalue weighted by Crippen LogP contribution is 2.24. The SMILES string of the molecule is Cc1cccc2c(CCC(=O)NCC3CCCC(O)C3)c[nH]c12. The van der Waals surface area contributed by atoms with E-state index in [0.717, 1.165) is 32.1 Å². The van der Waals surface area contributed by atoms with E-state index in [4.69, 9.17) is 0 Å². The van der Waals surface area contributed by atoms with Crippen molar-refractivity contribution in [1.29, 1.82) is 0 Å². The molecule has 0 aliphatic heterocycles. The van der Waals surface area contributed by atoms with Crippen molar-refractivity contribution >= 4 is 16.8 Å². The Balaban J connectivity index is 1.49. The van der Waals surface area contributed by atoms with Crippen LogP contribution in [0.5, 0.6) is 0 Å². The van der Waals surface area contributed by atoms with Gasteiger partial charge in [-0.15, -0.1) is 0 Å². The standard InChI is InChI=1S/C19H26N2O2/c1-13-4-2-7-17-15(12-21-19(13)17)8-9-18(23)20-11-14-5-3-6-16(22)10-14/h2,4,7,12,14,16,21-22H,3,5-6,8-11H2,1H3,(H,20,23). The van der Waals surface area contributed by atoms with Gasteiger partial charge in [-0.3, -0.25) is 4.79 Å². The third kappa shape index (κ3) is 3.94. The van der Waals surface area contributed by atoms with Crippen molar-refractivity contribution in [2.45, 2.75) is 51.6 Å². The summed E-state index contributed by atoms with van der Waals surface area (Å²) in [6, 6.07) is 6.26. The molecule has 23 heavy (non-hydrogen) atoms. The van der Waals surface area contributed by atoms with Crippen molar-refractivity contribution in [3.63, 3.8) is 0 Å². The van der Waals surface area contributed by atoms with E-state index in [2.05, 4.69) is 35.4 Å². The molecule has 1 saturated carbocycles. The number of aromatic amines is 1. The Kier molecular flexibility index (Phi) is 5.01. The van der Waals surface area contributed by atoms with Crippen LogP contribution in [0.4, 0.5) is 0 Å². The fourth-order valence-electron chi connectivity index (χ4n) is 3.61. The van der Waals surface area contributed by atoms with E-state index in [1.54, 1.807) is 0 Å². The Morgan fingerprint density at radius 2 is 2.26 bits per heavy atom. The first-order valence-corrected chi connectivity index (χ1v) is 8.64. The van der Waals surface area contributed by atoms with Crippen molar-refractivity contribution < 1.29 is 9.90 Å². The second kappa shape index (κ2) is 7.18. The molecule has 4 heteroatoms. The van der Waals surface area contributed by atoms with E-state index in [-0.39, 0.29) is 12.0 Å². The minimum atomic E-state index is -0.180. The van der Waals surface area contributed by atoms with Crippen LogP contribution in [0.2, 0.25) is 0 Å². The summed E-state index contributed by atoms with van der Waals surface area (Å²) in [6.45, 7) is 2.79. The molecular formula is C19H26N2O2. The zero-order valence-corrected chi connectivity index (χ0v) is 13.8. The van der Waals surface area contributed by atoms with Crippen molar-refractivity contribution in [2.24, 2.45) is 5.92 Å². The quantitative estimate of drug-likeness (QED) is 0.794. The molecule has 0 radical (unpaired) electrons. The van der Waals surface area contributed by atoms with E-state index >= 15 is 0 Å². The van der Waals surface area contributed by atoms with Gasteiger partial charge in [-0.25, -0.2) is 0 Å². The maximum Gasteiger partial charge on any atom is 0.220 e. The van der Waals surface area contributed by atoms with E-state index in [1.165, 1.54) is 22.0 Å². The number of carbonyl (C=O) groups excluding carboxylic acids is 1. The molecule has 1 aliphatic rings. The number of aryl methyl sites for hydroxylation is 2. The number of rotatable bonds is 5. The van der Waals surface area contributed by atoms with E-state index in [1.807, 2.05) is 6.20 Å². The topological polar surface area (TPSA) is 65.1 Å². The largest absolute Gasteiger partial charge is 0.393 e. The lowest BCUT2D eigenvalue weighted by molar-refractivity contribution is -0.121. The maximum absolute atomic E-state index is 12.1. The molecule has 2 aromatic rings. The van der Waals surface area contributed by atoms with Crippen LogP contribution in [0.15, 0.2) is 24.4 Å². The number of aliphatic hydroxyl groups is 1. The van der Waals surface area contributed by atoms with Gasteiger partial charge in [-0.05, 0) is 49.7 Å². The molecule has 2 unspecified atom stereocenters. The Labute approximate surface area is 137 Å². The number of para-hydroxylation sites is 1. The van der Waals surface area contributed by atoms with Crippen LogP contribution in [-0.4, -0.2) is 28.6 Å². The number of hydrogen-bond donors (Lipinski definition) is 3. The highest BCUT2D eigenvalue weighted by molar-refractivity contribution is 5.86. The van der Waals surface area contributed by atoms with Gasteiger partial charge in [0.1, 0.15) is 0 Å². The zero-order valence-electron chi connectivity index (χ0n) is 13.8. The van der Waals surface area contributed by atoms with E-state index in [9.17, 15) is 9.90 Å². The van der Waals surface area contributed by atoms with Crippen LogP contribution in [0.1, 0.15) is 43.2 Å². The number of nitrogens with one attached hydrogen (secondary N) is 2. The minimum absolute atomic E-state index is 0.104. The highest BCUT2D eigenvalue weighted by Gasteiger charge is 2.20. The van der Waals surface area contributed by atoms with Crippen LogP contribution in [0.3, 0.4) is 0 Å². The molecule has 0 spiro atoms. The summed E-state index contributed by atoms with van der Waals surface area (Å²) in [6.07, 6.45) is 7.00. The normalized spacial score (nSPS) is 21.5. The number of benzene rings is 1. The molecular weight excluding hydrogens is 288 g/mol. The monoisotopic (exact) mass is 314 g/mol. The van der Waals surface area contributed by atoms with Gasteiger partial charge in [0, 0.05) is 30.1 Å².